The van der Waals surface area contributed by atoms with Gasteiger partial charge in [0.15, 0.2) is 11.8 Å². The average Bonchev–Trinajstić information content (AvgIpc) is 3.12. The quantitative estimate of drug-likeness (QED) is 0.443. The van der Waals surface area contributed by atoms with Crippen LogP contribution < -0.4 is 10.6 Å². The zero-order chi connectivity index (χ0) is 14.9. The first-order valence-electron chi connectivity index (χ1n) is 7.06. The second-order valence-corrected chi connectivity index (χ2v) is 4.48. The van der Waals surface area contributed by atoms with Gasteiger partial charge in [-0.15, -0.1) is 0 Å². The second-order valence-electron chi connectivity index (χ2n) is 4.48. The molecule has 0 spiro atoms. The lowest BCUT2D eigenvalue weighted by Gasteiger charge is -2.10. The summed E-state index contributed by atoms with van der Waals surface area (Å²) in [6, 6.07) is 1.92. The number of nitrogens with zero attached hydrogens (tertiary/aromatic N) is 5. The van der Waals surface area contributed by atoms with Crippen molar-refractivity contribution in [1.82, 2.24) is 30.6 Å². The van der Waals surface area contributed by atoms with Crippen molar-refractivity contribution in [3.8, 4) is 0 Å². The highest BCUT2D eigenvalue weighted by molar-refractivity contribution is 5.79. The number of aromatic nitrogens is 4. The number of hydrogen-bond donors (Lipinski definition) is 2. The Kier molecular flexibility index (Phi) is 5.74. The van der Waals surface area contributed by atoms with Crippen molar-refractivity contribution in [3.05, 3.63) is 30.2 Å². The molecular formula is C13H21N7O. The Labute approximate surface area is 123 Å². The largest absolute Gasteiger partial charge is 0.357 e. The van der Waals surface area contributed by atoms with Crippen LogP contribution in [0.4, 0.5) is 0 Å². The van der Waals surface area contributed by atoms with Crippen molar-refractivity contribution in [2.45, 2.75) is 33.4 Å². The number of hydrogen-bond acceptors (Lipinski definition) is 5. The molecule has 2 heterocycles. The molecule has 0 amide bonds. The molecule has 0 unspecified atom stereocenters. The predicted molar refractivity (Wildman–Crippen MR) is 78.7 cm³/mol. The molecule has 0 fully saturated rings. The number of nitrogens with one attached hydrogen (secondary N) is 2. The van der Waals surface area contributed by atoms with Crippen LogP contribution in [0.15, 0.2) is 28.0 Å². The van der Waals surface area contributed by atoms with Gasteiger partial charge in [0, 0.05) is 32.0 Å². The van der Waals surface area contributed by atoms with Gasteiger partial charge in [-0.1, -0.05) is 5.16 Å². The molecule has 0 aromatic carbocycles. The monoisotopic (exact) mass is 291 g/mol. The Morgan fingerprint density at radius 2 is 2.33 bits per heavy atom. The van der Waals surface area contributed by atoms with E-state index in [1.165, 1.54) is 0 Å². The number of rotatable bonds is 7. The molecule has 0 atom stereocenters. The lowest BCUT2D eigenvalue weighted by Crippen LogP contribution is -2.38. The summed E-state index contributed by atoms with van der Waals surface area (Å²) in [6.45, 7) is 6.67. The van der Waals surface area contributed by atoms with E-state index in [1.807, 2.05) is 23.9 Å². The lowest BCUT2D eigenvalue weighted by molar-refractivity contribution is 0.376. The van der Waals surface area contributed by atoms with Crippen LogP contribution >= 0.6 is 0 Å². The van der Waals surface area contributed by atoms with Crippen LogP contribution in [0.3, 0.4) is 0 Å². The molecule has 0 aliphatic heterocycles. The van der Waals surface area contributed by atoms with Gasteiger partial charge in [0.05, 0.1) is 0 Å². The molecule has 2 N–H and O–H groups in total. The van der Waals surface area contributed by atoms with Gasteiger partial charge in [-0.2, -0.15) is 10.1 Å². The summed E-state index contributed by atoms with van der Waals surface area (Å²) < 4.78 is 6.94. The Morgan fingerprint density at radius 3 is 3.00 bits per heavy atom. The third kappa shape index (κ3) is 5.25. The SMILES string of the molecule is CCNC(=NCc1nc(C)no1)NCCCn1cccn1. The molecule has 0 saturated carbocycles. The van der Waals surface area contributed by atoms with Gasteiger partial charge in [-0.3, -0.25) is 4.68 Å². The van der Waals surface area contributed by atoms with Crippen molar-refractivity contribution in [3.63, 3.8) is 0 Å². The van der Waals surface area contributed by atoms with E-state index in [4.69, 9.17) is 4.52 Å². The molecule has 8 heteroatoms. The molecule has 21 heavy (non-hydrogen) atoms. The maximum absolute atomic E-state index is 5.03. The minimum Gasteiger partial charge on any atom is -0.357 e. The normalized spacial score (nSPS) is 11.6. The molecule has 0 saturated heterocycles. The van der Waals surface area contributed by atoms with Crippen LogP contribution in [0.5, 0.6) is 0 Å². The van der Waals surface area contributed by atoms with E-state index in [-0.39, 0.29) is 0 Å². The second kappa shape index (κ2) is 8.03. The highest BCUT2D eigenvalue weighted by Crippen LogP contribution is 1.97. The zero-order valence-corrected chi connectivity index (χ0v) is 12.4. The fraction of sp³-hybridized carbons (Fsp3) is 0.538. The lowest BCUT2D eigenvalue weighted by atomic mass is 10.4. The Hall–Kier alpha value is -2.38. The third-order valence-electron chi connectivity index (χ3n) is 2.70. The number of aliphatic imine (C=N–C) groups is 1. The van der Waals surface area contributed by atoms with Gasteiger partial charge in [-0.05, 0) is 26.3 Å². The summed E-state index contributed by atoms with van der Waals surface area (Å²) in [7, 11) is 0. The molecular weight excluding hydrogens is 270 g/mol. The van der Waals surface area contributed by atoms with Crippen LogP contribution in [0.25, 0.3) is 0 Å². The summed E-state index contributed by atoms with van der Waals surface area (Å²) in [5.41, 5.74) is 0. The first-order valence-corrected chi connectivity index (χ1v) is 7.06. The topological polar surface area (TPSA) is 93.2 Å². The van der Waals surface area contributed by atoms with Crippen LogP contribution in [-0.4, -0.2) is 39.0 Å². The van der Waals surface area contributed by atoms with E-state index in [2.05, 4.69) is 30.9 Å². The Morgan fingerprint density at radius 1 is 1.43 bits per heavy atom. The van der Waals surface area contributed by atoms with Gasteiger partial charge in [0.25, 0.3) is 0 Å². The highest BCUT2D eigenvalue weighted by atomic mass is 16.5. The fourth-order valence-corrected chi connectivity index (χ4v) is 1.77. The summed E-state index contributed by atoms with van der Waals surface area (Å²) in [5, 5.41) is 14.3. The fourth-order valence-electron chi connectivity index (χ4n) is 1.77. The van der Waals surface area contributed by atoms with Crippen molar-refractivity contribution in [2.75, 3.05) is 13.1 Å². The molecule has 0 bridgehead atoms. The van der Waals surface area contributed by atoms with E-state index in [9.17, 15) is 0 Å². The molecule has 0 aliphatic rings. The summed E-state index contributed by atoms with van der Waals surface area (Å²) in [6.07, 6.45) is 4.70. The van der Waals surface area contributed by atoms with E-state index < -0.39 is 0 Å². The summed E-state index contributed by atoms with van der Waals surface area (Å²) >= 11 is 0. The van der Waals surface area contributed by atoms with Gasteiger partial charge >= 0.3 is 0 Å². The minimum atomic E-state index is 0.370. The summed E-state index contributed by atoms with van der Waals surface area (Å²) in [4.78, 5) is 8.53. The molecule has 2 aromatic rings. The van der Waals surface area contributed by atoms with Gasteiger partial charge in [0.2, 0.25) is 5.89 Å². The van der Waals surface area contributed by atoms with Gasteiger partial charge < -0.3 is 15.2 Å². The van der Waals surface area contributed by atoms with Crippen LogP contribution in [-0.2, 0) is 13.1 Å². The third-order valence-corrected chi connectivity index (χ3v) is 2.70. The average molecular weight is 291 g/mol. The Bertz CT molecular complexity index is 547. The van der Waals surface area contributed by atoms with Gasteiger partial charge in [0.1, 0.15) is 6.54 Å². The first-order chi connectivity index (χ1) is 10.3. The van der Waals surface area contributed by atoms with Crippen LogP contribution in [0, 0.1) is 6.92 Å². The number of guanidine groups is 1. The van der Waals surface area contributed by atoms with E-state index in [1.54, 1.807) is 13.1 Å². The smallest absolute Gasteiger partial charge is 0.248 e. The molecule has 0 aliphatic carbocycles. The molecule has 114 valence electrons. The van der Waals surface area contributed by atoms with Gasteiger partial charge in [-0.25, -0.2) is 4.99 Å². The van der Waals surface area contributed by atoms with E-state index in [0.717, 1.165) is 32.0 Å². The van der Waals surface area contributed by atoms with Crippen molar-refractivity contribution in [2.24, 2.45) is 4.99 Å². The minimum absolute atomic E-state index is 0.370. The molecule has 2 aromatic heterocycles. The first kappa shape index (κ1) is 15.0. The zero-order valence-electron chi connectivity index (χ0n) is 12.4. The van der Waals surface area contributed by atoms with Crippen molar-refractivity contribution in [1.29, 1.82) is 0 Å². The van der Waals surface area contributed by atoms with Crippen LogP contribution in [0.2, 0.25) is 0 Å². The van der Waals surface area contributed by atoms with E-state index >= 15 is 0 Å². The van der Waals surface area contributed by atoms with Crippen LogP contribution in [0.1, 0.15) is 25.1 Å². The Balaban J connectivity index is 1.75. The standard InChI is InChI=1S/C13H21N7O/c1-3-14-13(16-10-12-18-11(2)19-21-12)15-6-4-8-20-9-5-7-17-20/h5,7,9H,3-4,6,8,10H2,1-2H3,(H2,14,15,16). The summed E-state index contributed by atoms with van der Waals surface area (Å²) in [5.74, 6) is 1.88. The maximum atomic E-state index is 5.03. The molecule has 0 radical (unpaired) electrons. The number of aryl methyl sites for hydroxylation is 2. The predicted octanol–water partition coefficient (Wildman–Crippen LogP) is 0.720. The maximum Gasteiger partial charge on any atom is 0.248 e. The van der Waals surface area contributed by atoms with E-state index in [0.29, 0.717) is 18.3 Å². The molecule has 8 nitrogen and oxygen atoms in total. The van der Waals surface area contributed by atoms with Crippen molar-refractivity contribution < 1.29 is 4.52 Å². The van der Waals surface area contributed by atoms with Crippen molar-refractivity contribution >= 4 is 5.96 Å². The molecule has 2 rings (SSSR count). The highest BCUT2D eigenvalue weighted by Gasteiger charge is 2.02.